The second-order valence-corrected chi connectivity index (χ2v) is 6.16. The third kappa shape index (κ3) is 6.28. The van der Waals surface area contributed by atoms with E-state index in [-0.39, 0.29) is 38.1 Å². The fourth-order valence-corrected chi connectivity index (χ4v) is 2.58. The van der Waals surface area contributed by atoms with Gasteiger partial charge in [0.25, 0.3) is 5.91 Å². The van der Waals surface area contributed by atoms with E-state index in [2.05, 4.69) is 5.32 Å². The van der Waals surface area contributed by atoms with Gasteiger partial charge in [-0.25, -0.2) is 0 Å². The Bertz CT molecular complexity index is 749. The molecule has 0 saturated heterocycles. The van der Waals surface area contributed by atoms with E-state index >= 15 is 0 Å². The minimum absolute atomic E-state index is 0.133. The summed E-state index contributed by atoms with van der Waals surface area (Å²) in [6, 6.07) is 15.6. The molecule has 0 fully saturated rings. The van der Waals surface area contributed by atoms with Gasteiger partial charge in [-0.05, 0) is 36.8 Å². The zero-order valence-electron chi connectivity index (χ0n) is 16.1. The summed E-state index contributed by atoms with van der Waals surface area (Å²) < 4.78 is 10.7. The van der Waals surface area contributed by atoms with Crippen LogP contribution in [-0.4, -0.2) is 54.7 Å². The van der Waals surface area contributed by atoms with Gasteiger partial charge in [0.1, 0.15) is 17.5 Å². The highest BCUT2D eigenvalue weighted by Crippen LogP contribution is 2.15. The molecular weight excluding hydrogens is 360 g/mol. The van der Waals surface area contributed by atoms with Crippen LogP contribution in [0.3, 0.4) is 0 Å². The second kappa shape index (κ2) is 10.9. The molecule has 0 heterocycles. The van der Waals surface area contributed by atoms with Gasteiger partial charge in [-0.3, -0.25) is 9.59 Å². The molecule has 2 rings (SSSR count). The monoisotopic (exact) mass is 386 g/mol. The number of hydrogen-bond acceptors (Lipinski definition) is 5. The Kier molecular flexibility index (Phi) is 8.30. The lowest BCUT2D eigenvalue weighted by Crippen LogP contribution is -2.49. The van der Waals surface area contributed by atoms with Crippen LogP contribution in [0.1, 0.15) is 12.5 Å². The molecule has 1 unspecified atom stereocenters. The molecule has 0 aliphatic rings. The van der Waals surface area contributed by atoms with Crippen LogP contribution in [0.5, 0.6) is 11.5 Å². The van der Waals surface area contributed by atoms with Gasteiger partial charge in [0.2, 0.25) is 5.91 Å². The molecule has 2 amide bonds. The molecule has 0 aromatic heterocycles. The van der Waals surface area contributed by atoms with Crippen LogP contribution in [-0.2, 0) is 16.1 Å². The summed E-state index contributed by atoms with van der Waals surface area (Å²) in [7, 11) is 1.58. The first-order chi connectivity index (χ1) is 13.5. The highest BCUT2D eigenvalue weighted by molar-refractivity contribution is 5.87. The van der Waals surface area contributed by atoms with Crippen LogP contribution in [0.2, 0.25) is 0 Å². The maximum atomic E-state index is 12.8. The van der Waals surface area contributed by atoms with Crippen LogP contribution in [0.25, 0.3) is 0 Å². The van der Waals surface area contributed by atoms with E-state index in [0.29, 0.717) is 11.5 Å². The summed E-state index contributed by atoms with van der Waals surface area (Å²) >= 11 is 0. The van der Waals surface area contributed by atoms with Gasteiger partial charge in [0, 0.05) is 13.1 Å². The molecule has 1 atom stereocenters. The van der Waals surface area contributed by atoms with Crippen molar-refractivity contribution in [3.63, 3.8) is 0 Å². The molecule has 0 saturated carbocycles. The number of amides is 2. The van der Waals surface area contributed by atoms with Crippen molar-refractivity contribution in [3.05, 3.63) is 60.2 Å². The lowest BCUT2D eigenvalue weighted by molar-refractivity contribution is -0.142. The highest BCUT2D eigenvalue weighted by atomic mass is 16.5. The van der Waals surface area contributed by atoms with E-state index in [0.717, 1.165) is 5.56 Å². The van der Waals surface area contributed by atoms with Gasteiger partial charge in [0.05, 0.1) is 13.7 Å². The van der Waals surface area contributed by atoms with Crippen molar-refractivity contribution in [3.8, 4) is 11.5 Å². The lowest BCUT2D eigenvalue weighted by atomic mass is 10.1. The van der Waals surface area contributed by atoms with Crippen LogP contribution in [0.15, 0.2) is 54.6 Å². The van der Waals surface area contributed by atoms with E-state index in [1.165, 1.54) is 4.90 Å². The maximum absolute atomic E-state index is 12.8. The molecular formula is C21H26N2O5. The summed E-state index contributed by atoms with van der Waals surface area (Å²) in [4.78, 5) is 26.6. The standard InChI is InChI=1S/C21H26N2O5/c1-16(21(26)22-12-13-24)23(14-17-8-10-18(27-2)11-9-17)20(25)15-28-19-6-4-3-5-7-19/h3-11,16,24H,12-15H2,1-2H3,(H,22,26). The number of methoxy groups -OCH3 is 1. The zero-order chi connectivity index (χ0) is 20.4. The van der Waals surface area contributed by atoms with Crippen molar-refractivity contribution in [2.45, 2.75) is 19.5 Å². The number of aliphatic hydroxyl groups is 1. The van der Waals surface area contributed by atoms with Crippen molar-refractivity contribution in [2.24, 2.45) is 0 Å². The summed E-state index contributed by atoms with van der Waals surface area (Å²) in [5, 5.41) is 11.5. The molecule has 150 valence electrons. The Hall–Kier alpha value is -3.06. The SMILES string of the molecule is COc1ccc(CN(C(=O)COc2ccccc2)C(C)C(=O)NCCO)cc1. The Labute approximate surface area is 164 Å². The van der Waals surface area contributed by atoms with Gasteiger partial charge in [-0.1, -0.05) is 30.3 Å². The summed E-state index contributed by atoms with van der Waals surface area (Å²) in [5.74, 6) is 0.641. The van der Waals surface area contributed by atoms with E-state index in [1.807, 2.05) is 30.3 Å². The quantitative estimate of drug-likeness (QED) is 0.648. The summed E-state index contributed by atoms with van der Waals surface area (Å²) in [6.45, 7) is 1.68. The Balaban J connectivity index is 2.11. The highest BCUT2D eigenvalue weighted by Gasteiger charge is 2.26. The van der Waals surface area contributed by atoms with Crippen LogP contribution >= 0.6 is 0 Å². The van der Waals surface area contributed by atoms with Crippen molar-refractivity contribution in [2.75, 3.05) is 26.9 Å². The van der Waals surface area contributed by atoms with Crippen LogP contribution < -0.4 is 14.8 Å². The molecule has 7 heteroatoms. The number of benzene rings is 2. The first-order valence-electron chi connectivity index (χ1n) is 9.04. The van der Waals surface area contributed by atoms with Gasteiger partial charge >= 0.3 is 0 Å². The first-order valence-corrected chi connectivity index (χ1v) is 9.04. The Morgan fingerprint density at radius 2 is 1.75 bits per heavy atom. The van der Waals surface area contributed by atoms with Crippen molar-refractivity contribution < 1.29 is 24.2 Å². The third-order valence-corrected chi connectivity index (χ3v) is 4.20. The largest absolute Gasteiger partial charge is 0.497 e. The van der Waals surface area contributed by atoms with Crippen LogP contribution in [0.4, 0.5) is 0 Å². The molecule has 28 heavy (non-hydrogen) atoms. The van der Waals surface area contributed by atoms with E-state index in [9.17, 15) is 9.59 Å². The molecule has 0 aliphatic heterocycles. The summed E-state index contributed by atoms with van der Waals surface area (Å²) in [6.07, 6.45) is 0. The number of carbonyl (C=O) groups excluding carboxylic acids is 2. The number of nitrogens with zero attached hydrogens (tertiary/aromatic N) is 1. The molecule has 7 nitrogen and oxygen atoms in total. The molecule has 0 radical (unpaired) electrons. The lowest BCUT2D eigenvalue weighted by Gasteiger charge is -2.28. The summed E-state index contributed by atoms with van der Waals surface area (Å²) in [5.41, 5.74) is 0.857. The average Bonchev–Trinajstić information content (AvgIpc) is 2.74. The average molecular weight is 386 g/mol. The number of hydrogen-bond donors (Lipinski definition) is 2. The Morgan fingerprint density at radius 3 is 2.36 bits per heavy atom. The fourth-order valence-electron chi connectivity index (χ4n) is 2.58. The topological polar surface area (TPSA) is 88.1 Å². The van der Waals surface area contributed by atoms with E-state index in [4.69, 9.17) is 14.6 Å². The fraction of sp³-hybridized carbons (Fsp3) is 0.333. The Morgan fingerprint density at radius 1 is 1.07 bits per heavy atom. The molecule has 2 aromatic rings. The molecule has 0 aliphatic carbocycles. The number of rotatable bonds is 10. The number of para-hydroxylation sites is 1. The minimum Gasteiger partial charge on any atom is -0.497 e. The van der Waals surface area contributed by atoms with Crippen LogP contribution in [0, 0.1) is 0 Å². The number of ether oxygens (including phenoxy) is 2. The van der Waals surface area contributed by atoms with E-state index in [1.54, 1.807) is 38.3 Å². The number of carbonyl (C=O) groups is 2. The minimum atomic E-state index is -0.722. The molecule has 2 N–H and O–H groups in total. The van der Waals surface area contributed by atoms with Crippen molar-refractivity contribution >= 4 is 11.8 Å². The van der Waals surface area contributed by atoms with Crippen molar-refractivity contribution in [1.82, 2.24) is 10.2 Å². The van der Waals surface area contributed by atoms with Gasteiger partial charge in [-0.15, -0.1) is 0 Å². The van der Waals surface area contributed by atoms with Gasteiger partial charge in [-0.2, -0.15) is 0 Å². The predicted molar refractivity (Wildman–Crippen MR) is 105 cm³/mol. The van der Waals surface area contributed by atoms with Crippen molar-refractivity contribution in [1.29, 1.82) is 0 Å². The number of nitrogens with one attached hydrogen (secondary N) is 1. The second-order valence-electron chi connectivity index (χ2n) is 6.16. The third-order valence-electron chi connectivity index (χ3n) is 4.20. The smallest absolute Gasteiger partial charge is 0.261 e. The van der Waals surface area contributed by atoms with Gasteiger partial charge in [0.15, 0.2) is 6.61 Å². The maximum Gasteiger partial charge on any atom is 0.261 e. The van der Waals surface area contributed by atoms with Gasteiger partial charge < -0.3 is 24.8 Å². The molecule has 2 aromatic carbocycles. The van der Waals surface area contributed by atoms with E-state index < -0.39 is 6.04 Å². The first kappa shape index (κ1) is 21.2. The molecule has 0 spiro atoms. The zero-order valence-corrected chi connectivity index (χ0v) is 16.1. The normalized spacial score (nSPS) is 11.4. The number of aliphatic hydroxyl groups excluding tert-OH is 1. The predicted octanol–water partition coefficient (Wildman–Crippen LogP) is 1.60. The molecule has 0 bridgehead atoms.